The van der Waals surface area contributed by atoms with Gasteiger partial charge in [-0.15, -0.1) is 0 Å². The summed E-state index contributed by atoms with van der Waals surface area (Å²) in [5.74, 6) is 0.951. The SMILES string of the molecule is CCCCCCC=CCCCC1CCC(Cc2ccccc2)C(CC(=O)O)C1. The molecule has 156 valence electrons. The lowest BCUT2D eigenvalue weighted by molar-refractivity contribution is -0.139. The van der Waals surface area contributed by atoms with Crippen molar-refractivity contribution >= 4 is 5.97 Å². The van der Waals surface area contributed by atoms with E-state index in [0.717, 1.165) is 12.8 Å². The van der Waals surface area contributed by atoms with Crippen LogP contribution in [-0.4, -0.2) is 11.1 Å². The van der Waals surface area contributed by atoms with E-state index in [9.17, 15) is 9.90 Å². The third kappa shape index (κ3) is 9.08. The molecule has 0 bridgehead atoms. The second kappa shape index (κ2) is 13.6. The Balaban J connectivity index is 1.71. The molecule has 3 unspecified atom stereocenters. The summed E-state index contributed by atoms with van der Waals surface area (Å²) in [4.78, 5) is 11.4. The van der Waals surface area contributed by atoms with Crippen molar-refractivity contribution in [2.24, 2.45) is 17.8 Å². The molecule has 0 amide bonds. The van der Waals surface area contributed by atoms with Gasteiger partial charge in [0.15, 0.2) is 0 Å². The lowest BCUT2D eigenvalue weighted by Crippen LogP contribution is -2.28. The predicted molar refractivity (Wildman–Crippen MR) is 118 cm³/mol. The zero-order valence-corrected chi connectivity index (χ0v) is 17.8. The van der Waals surface area contributed by atoms with Gasteiger partial charge in [0.2, 0.25) is 0 Å². The first-order valence-electron chi connectivity index (χ1n) is 11.6. The summed E-state index contributed by atoms with van der Waals surface area (Å²) < 4.78 is 0. The second-order valence-electron chi connectivity index (χ2n) is 8.74. The Kier molecular flexibility index (Phi) is 11.0. The highest BCUT2D eigenvalue weighted by Crippen LogP contribution is 2.39. The highest BCUT2D eigenvalue weighted by atomic mass is 16.4. The lowest BCUT2D eigenvalue weighted by atomic mass is 9.69. The Hall–Kier alpha value is -1.57. The van der Waals surface area contributed by atoms with Gasteiger partial charge in [0, 0.05) is 6.42 Å². The smallest absolute Gasteiger partial charge is 0.303 e. The van der Waals surface area contributed by atoms with Gasteiger partial charge in [0.05, 0.1) is 0 Å². The number of hydrogen-bond donors (Lipinski definition) is 1. The maximum atomic E-state index is 11.4. The normalized spacial score (nSPS) is 22.5. The first kappa shape index (κ1) is 22.7. The number of aliphatic carboxylic acids is 1. The quantitative estimate of drug-likeness (QED) is 0.283. The number of carboxylic acid groups (broad SMARTS) is 1. The summed E-state index contributed by atoms with van der Waals surface area (Å²) in [7, 11) is 0. The van der Waals surface area contributed by atoms with Crippen molar-refractivity contribution in [1.29, 1.82) is 0 Å². The van der Waals surface area contributed by atoms with Crippen molar-refractivity contribution in [2.45, 2.75) is 90.4 Å². The minimum absolute atomic E-state index is 0.338. The molecule has 3 atom stereocenters. The van der Waals surface area contributed by atoms with Crippen molar-refractivity contribution < 1.29 is 9.90 Å². The van der Waals surface area contributed by atoms with Crippen LogP contribution in [0.1, 0.15) is 89.5 Å². The summed E-state index contributed by atoms with van der Waals surface area (Å²) in [6.07, 6.45) is 19.9. The van der Waals surface area contributed by atoms with E-state index in [1.54, 1.807) is 0 Å². The van der Waals surface area contributed by atoms with Gasteiger partial charge in [0.25, 0.3) is 0 Å². The lowest BCUT2D eigenvalue weighted by Gasteiger charge is -2.36. The molecule has 0 heterocycles. The van der Waals surface area contributed by atoms with E-state index >= 15 is 0 Å². The maximum absolute atomic E-state index is 11.4. The number of allylic oxidation sites excluding steroid dienone is 2. The molecule has 0 spiro atoms. The number of benzene rings is 1. The fraction of sp³-hybridized carbons (Fsp3) is 0.654. The zero-order chi connectivity index (χ0) is 20.0. The molecule has 0 radical (unpaired) electrons. The van der Waals surface area contributed by atoms with Crippen LogP contribution in [0, 0.1) is 17.8 Å². The van der Waals surface area contributed by atoms with Crippen LogP contribution < -0.4 is 0 Å². The fourth-order valence-corrected chi connectivity index (χ4v) is 4.80. The Morgan fingerprint density at radius 2 is 1.75 bits per heavy atom. The van der Waals surface area contributed by atoms with Gasteiger partial charge in [-0.25, -0.2) is 0 Å². The summed E-state index contributed by atoms with van der Waals surface area (Å²) in [6.45, 7) is 2.26. The average molecular weight is 385 g/mol. The van der Waals surface area contributed by atoms with Gasteiger partial charge in [-0.3, -0.25) is 4.79 Å². The molecule has 2 nitrogen and oxygen atoms in total. The van der Waals surface area contributed by atoms with Crippen LogP contribution in [0.3, 0.4) is 0 Å². The van der Waals surface area contributed by atoms with Crippen molar-refractivity contribution in [1.82, 2.24) is 0 Å². The Labute approximate surface area is 172 Å². The van der Waals surface area contributed by atoms with Crippen LogP contribution in [0.4, 0.5) is 0 Å². The summed E-state index contributed by atoms with van der Waals surface area (Å²) >= 11 is 0. The van der Waals surface area contributed by atoms with Crippen LogP contribution in [0.5, 0.6) is 0 Å². The van der Waals surface area contributed by atoms with E-state index in [-0.39, 0.29) is 0 Å². The molecule has 2 rings (SSSR count). The second-order valence-corrected chi connectivity index (χ2v) is 8.74. The highest BCUT2D eigenvalue weighted by molar-refractivity contribution is 5.67. The molecule has 0 saturated heterocycles. The minimum atomic E-state index is -0.630. The molecule has 1 aromatic rings. The Bertz CT molecular complexity index is 563. The summed E-state index contributed by atoms with van der Waals surface area (Å²) in [5.41, 5.74) is 1.35. The number of carbonyl (C=O) groups is 1. The van der Waals surface area contributed by atoms with E-state index in [1.807, 2.05) is 0 Å². The van der Waals surface area contributed by atoms with Gasteiger partial charge >= 0.3 is 5.97 Å². The predicted octanol–water partition coefficient (Wildman–Crippen LogP) is 7.43. The van der Waals surface area contributed by atoms with Crippen molar-refractivity contribution in [3.8, 4) is 0 Å². The van der Waals surface area contributed by atoms with E-state index in [1.165, 1.54) is 69.8 Å². The average Bonchev–Trinajstić information content (AvgIpc) is 2.69. The van der Waals surface area contributed by atoms with Gasteiger partial charge in [0.1, 0.15) is 0 Å². The standard InChI is InChI=1S/C26H40O2/c1-2-3-4-5-6-7-8-9-11-16-23-17-18-24(25(20-23)21-26(27)28)19-22-14-12-10-13-15-22/h7-8,10,12-15,23-25H,2-6,9,11,16-21H2,1H3,(H,27,28). The molecule has 1 aromatic carbocycles. The largest absolute Gasteiger partial charge is 0.481 e. The summed E-state index contributed by atoms with van der Waals surface area (Å²) in [6, 6.07) is 10.6. The third-order valence-electron chi connectivity index (χ3n) is 6.40. The highest BCUT2D eigenvalue weighted by Gasteiger charge is 2.31. The van der Waals surface area contributed by atoms with Crippen LogP contribution >= 0.6 is 0 Å². The Morgan fingerprint density at radius 1 is 1.00 bits per heavy atom. The molecule has 0 aliphatic heterocycles. The molecule has 0 aromatic heterocycles. The molecular weight excluding hydrogens is 344 g/mol. The number of rotatable bonds is 13. The van der Waals surface area contributed by atoms with Gasteiger partial charge < -0.3 is 5.11 Å². The van der Waals surface area contributed by atoms with E-state index in [0.29, 0.717) is 24.2 Å². The van der Waals surface area contributed by atoms with Crippen molar-refractivity contribution in [2.75, 3.05) is 0 Å². The van der Waals surface area contributed by atoms with E-state index < -0.39 is 5.97 Å². The maximum Gasteiger partial charge on any atom is 0.303 e. The van der Waals surface area contributed by atoms with E-state index in [2.05, 4.69) is 49.4 Å². The number of hydrogen-bond acceptors (Lipinski definition) is 1. The molecule has 28 heavy (non-hydrogen) atoms. The van der Waals surface area contributed by atoms with Gasteiger partial charge in [-0.05, 0) is 68.3 Å². The topological polar surface area (TPSA) is 37.3 Å². The molecule has 2 heteroatoms. The first-order valence-corrected chi connectivity index (χ1v) is 11.6. The van der Waals surface area contributed by atoms with Crippen molar-refractivity contribution in [3.05, 3.63) is 48.0 Å². The molecule has 1 aliphatic rings. The van der Waals surface area contributed by atoms with Crippen molar-refractivity contribution in [3.63, 3.8) is 0 Å². The number of unbranched alkanes of at least 4 members (excludes halogenated alkanes) is 5. The Morgan fingerprint density at radius 3 is 2.46 bits per heavy atom. The molecular formula is C26H40O2. The minimum Gasteiger partial charge on any atom is -0.481 e. The zero-order valence-electron chi connectivity index (χ0n) is 17.8. The fourth-order valence-electron chi connectivity index (χ4n) is 4.80. The third-order valence-corrected chi connectivity index (χ3v) is 6.40. The molecule has 1 fully saturated rings. The van der Waals surface area contributed by atoms with Crippen LogP contribution in [-0.2, 0) is 11.2 Å². The first-order chi connectivity index (χ1) is 13.7. The van der Waals surface area contributed by atoms with Gasteiger partial charge in [-0.1, -0.05) is 81.5 Å². The molecule has 1 aliphatic carbocycles. The van der Waals surface area contributed by atoms with Crippen LogP contribution in [0.25, 0.3) is 0 Å². The van der Waals surface area contributed by atoms with E-state index in [4.69, 9.17) is 0 Å². The van der Waals surface area contributed by atoms with Gasteiger partial charge in [-0.2, -0.15) is 0 Å². The molecule has 1 N–H and O–H groups in total. The molecule has 1 saturated carbocycles. The van der Waals surface area contributed by atoms with Crippen LogP contribution in [0.2, 0.25) is 0 Å². The van der Waals surface area contributed by atoms with Crippen LogP contribution in [0.15, 0.2) is 42.5 Å². The number of carboxylic acids is 1. The summed E-state index contributed by atoms with van der Waals surface area (Å²) in [5, 5.41) is 9.38. The monoisotopic (exact) mass is 384 g/mol.